The van der Waals surface area contributed by atoms with E-state index in [2.05, 4.69) is 0 Å². The second-order valence-electron chi connectivity index (χ2n) is 5.14. The van der Waals surface area contributed by atoms with E-state index in [-0.39, 0.29) is 12.3 Å². The van der Waals surface area contributed by atoms with Crippen molar-refractivity contribution >= 4 is 5.91 Å². The molecule has 4 nitrogen and oxygen atoms in total. The number of carbonyl (C=O) groups excluding carboxylic acids is 1. The van der Waals surface area contributed by atoms with Crippen molar-refractivity contribution in [1.82, 2.24) is 9.47 Å². The highest BCUT2D eigenvalue weighted by molar-refractivity contribution is 5.76. The number of carbonyl (C=O) groups is 1. The van der Waals surface area contributed by atoms with E-state index in [1.807, 2.05) is 29.9 Å². The summed E-state index contributed by atoms with van der Waals surface area (Å²) in [6, 6.07) is 9.53. The Balaban J connectivity index is 1.96. The van der Waals surface area contributed by atoms with Crippen LogP contribution in [0.2, 0.25) is 0 Å². The van der Waals surface area contributed by atoms with Gasteiger partial charge < -0.3 is 14.6 Å². The van der Waals surface area contributed by atoms with Gasteiger partial charge >= 0.3 is 0 Å². The molecule has 1 heterocycles. The highest BCUT2D eigenvalue weighted by atomic mass is 19.1. The Kier molecular flexibility index (Phi) is 4.75. The van der Waals surface area contributed by atoms with Gasteiger partial charge in [0.05, 0.1) is 19.1 Å². The van der Waals surface area contributed by atoms with E-state index in [0.717, 1.165) is 5.69 Å². The lowest BCUT2D eigenvalue weighted by atomic mass is 10.1. The molecular formula is C16H19FN2O2. The Hall–Kier alpha value is -2.14. The number of hydrogen-bond donors (Lipinski definition) is 1. The first-order valence-corrected chi connectivity index (χ1v) is 6.75. The zero-order chi connectivity index (χ0) is 15.4. The summed E-state index contributed by atoms with van der Waals surface area (Å²) in [6.07, 6.45) is 0.851. The zero-order valence-corrected chi connectivity index (χ0v) is 12.2. The molecule has 1 amide bonds. The van der Waals surface area contributed by atoms with Gasteiger partial charge in [-0.15, -0.1) is 0 Å². The molecule has 0 fully saturated rings. The third kappa shape index (κ3) is 3.92. The highest BCUT2D eigenvalue weighted by Gasteiger charge is 2.17. The summed E-state index contributed by atoms with van der Waals surface area (Å²) in [5.74, 6) is -0.607. The largest absolute Gasteiger partial charge is 0.388 e. The lowest BCUT2D eigenvalue weighted by Crippen LogP contribution is -2.28. The van der Waals surface area contributed by atoms with Crippen molar-refractivity contribution < 1.29 is 14.3 Å². The quantitative estimate of drug-likeness (QED) is 0.918. The summed E-state index contributed by atoms with van der Waals surface area (Å²) in [5, 5.41) is 10.0. The average Bonchev–Trinajstić information content (AvgIpc) is 2.84. The Labute approximate surface area is 123 Å². The molecule has 112 valence electrons. The molecule has 0 spiro atoms. The van der Waals surface area contributed by atoms with Crippen LogP contribution in [0.25, 0.3) is 0 Å². The molecule has 0 saturated carbocycles. The van der Waals surface area contributed by atoms with Gasteiger partial charge in [-0.1, -0.05) is 12.1 Å². The van der Waals surface area contributed by atoms with Crippen LogP contribution in [0.15, 0.2) is 42.6 Å². The van der Waals surface area contributed by atoms with Crippen LogP contribution in [-0.4, -0.2) is 27.5 Å². The van der Waals surface area contributed by atoms with Crippen LogP contribution in [0.3, 0.4) is 0 Å². The maximum Gasteiger partial charge on any atom is 0.225 e. The van der Waals surface area contributed by atoms with Crippen LogP contribution < -0.4 is 0 Å². The predicted octanol–water partition coefficient (Wildman–Crippen LogP) is 2.25. The molecule has 1 unspecified atom stereocenters. The molecule has 1 aromatic heterocycles. The fourth-order valence-corrected chi connectivity index (χ4v) is 2.14. The van der Waals surface area contributed by atoms with Crippen LogP contribution >= 0.6 is 0 Å². The van der Waals surface area contributed by atoms with E-state index < -0.39 is 11.9 Å². The normalized spacial score (nSPS) is 12.2. The van der Waals surface area contributed by atoms with Gasteiger partial charge in [0.15, 0.2) is 0 Å². The van der Waals surface area contributed by atoms with Gasteiger partial charge in [-0.2, -0.15) is 0 Å². The molecule has 2 rings (SSSR count). The molecule has 1 atom stereocenters. The number of aryl methyl sites for hydroxylation is 1. The van der Waals surface area contributed by atoms with Crippen molar-refractivity contribution in [1.29, 1.82) is 0 Å². The van der Waals surface area contributed by atoms with Crippen molar-refractivity contribution in [2.75, 3.05) is 7.05 Å². The second-order valence-corrected chi connectivity index (χ2v) is 5.14. The number of hydrogen-bond acceptors (Lipinski definition) is 2. The van der Waals surface area contributed by atoms with Gasteiger partial charge in [0.25, 0.3) is 0 Å². The minimum Gasteiger partial charge on any atom is -0.388 e. The van der Waals surface area contributed by atoms with Gasteiger partial charge in [0, 0.05) is 26.0 Å². The summed E-state index contributed by atoms with van der Waals surface area (Å²) in [5.41, 5.74) is 1.42. The number of halogens is 1. The number of aromatic nitrogens is 1. The molecule has 0 aliphatic heterocycles. The van der Waals surface area contributed by atoms with E-state index in [4.69, 9.17) is 0 Å². The smallest absolute Gasteiger partial charge is 0.225 e. The summed E-state index contributed by atoms with van der Waals surface area (Å²) < 4.78 is 15.0. The molecule has 0 radical (unpaired) electrons. The van der Waals surface area contributed by atoms with Crippen molar-refractivity contribution in [3.8, 4) is 0 Å². The van der Waals surface area contributed by atoms with E-state index in [1.54, 1.807) is 18.0 Å². The average molecular weight is 290 g/mol. The van der Waals surface area contributed by atoms with Gasteiger partial charge in [0.2, 0.25) is 5.91 Å². The van der Waals surface area contributed by atoms with Crippen molar-refractivity contribution in [2.24, 2.45) is 7.05 Å². The van der Waals surface area contributed by atoms with Crippen LogP contribution in [0, 0.1) is 5.82 Å². The number of nitrogens with zero attached hydrogens (tertiary/aromatic N) is 2. The van der Waals surface area contributed by atoms with Gasteiger partial charge in [-0.25, -0.2) is 4.39 Å². The molecule has 5 heteroatoms. The molecule has 1 aromatic carbocycles. The molecule has 2 aromatic rings. The monoisotopic (exact) mass is 290 g/mol. The van der Waals surface area contributed by atoms with Crippen LogP contribution in [0.1, 0.15) is 23.8 Å². The third-order valence-electron chi connectivity index (χ3n) is 3.48. The van der Waals surface area contributed by atoms with Crippen molar-refractivity contribution in [3.63, 3.8) is 0 Å². The number of amides is 1. The fraction of sp³-hybridized carbons (Fsp3) is 0.312. The van der Waals surface area contributed by atoms with E-state index >= 15 is 0 Å². The Bertz CT molecular complexity index is 624. The summed E-state index contributed by atoms with van der Waals surface area (Å²) in [6.45, 7) is 0.470. The maximum absolute atomic E-state index is 13.1. The topological polar surface area (TPSA) is 45.5 Å². The van der Waals surface area contributed by atoms with Gasteiger partial charge in [-0.3, -0.25) is 4.79 Å². The van der Waals surface area contributed by atoms with E-state index in [0.29, 0.717) is 12.1 Å². The SMILES string of the molecule is CN(Cc1cccn1C)C(=O)CC(O)c1cccc(F)c1. The Morgan fingerprint density at radius 3 is 2.76 bits per heavy atom. The Morgan fingerprint density at radius 2 is 2.14 bits per heavy atom. The molecule has 0 aliphatic carbocycles. The number of aliphatic hydroxyl groups excluding tert-OH is 1. The Morgan fingerprint density at radius 1 is 1.38 bits per heavy atom. The molecule has 0 aliphatic rings. The lowest BCUT2D eigenvalue weighted by molar-refractivity contribution is -0.132. The number of benzene rings is 1. The van der Waals surface area contributed by atoms with Crippen LogP contribution in [0.5, 0.6) is 0 Å². The van der Waals surface area contributed by atoms with Crippen molar-refractivity contribution in [3.05, 3.63) is 59.7 Å². The number of aliphatic hydroxyl groups is 1. The van der Waals surface area contributed by atoms with E-state index in [9.17, 15) is 14.3 Å². The third-order valence-corrected chi connectivity index (χ3v) is 3.48. The molecule has 0 bridgehead atoms. The van der Waals surface area contributed by atoms with Gasteiger partial charge in [0.1, 0.15) is 5.82 Å². The van der Waals surface area contributed by atoms with E-state index in [1.165, 1.54) is 18.2 Å². The minimum atomic E-state index is -0.996. The summed E-state index contributed by atoms with van der Waals surface area (Å²) in [7, 11) is 3.60. The highest BCUT2D eigenvalue weighted by Crippen LogP contribution is 2.18. The lowest BCUT2D eigenvalue weighted by Gasteiger charge is -2.19. The molecule has 21 heavy (non-hydrogen) atoms. The number of rotatable bonds is 5. The first-order valence-electron chi connectivity index (χ1n) is 6.75. The molecule has 1 N–H and O–H groups in total. The predicted molar refractivity (Wildman–Crippen MR) is 77.9 cm³/mol. The minimum absolute atomic E-state index is 0.0651. The van der Waals surface area contributed by atoms with Crippen molar-refractivity contribution in [2.45, 2.75) is 19.1 Å². The second kappa shape index (κ2) is 6.54. The fourth-order valence-electron chi connectivity index (χ4n) is 2.14. The van der Waals surface area contributed by atoms with Crippen LogP contribution in [-0.2, 0) is 18.4 Å². The molecule has 0 saturated heterocycles. The first kappa shape index (κ1) is 15.3. The maximum atomic E-state index is 13.1. The van der Waals surface area contributed by atoms with Crippen LogP contribution in [0.4, 0.5) is 4.39 Å². The van der Waals surface area contributed by atoms with Gasteiger partial charge in [-0.05, 0) is 29.8 Å². The summed E-state index contributed by atoms with van der Waals surface area (Å²) >= 11 is 0. The zero-order valence-electron chi connectivity index (χ0n) is 12.2. The summed E-state index contributed by atoms with van der Waals surface area (Å²) in [4.78, 5) is 13.7. The standard InChI is InChI=1S/C16H19FN2O2/c1-18-8-4-7-14(18)11-19(2)16(21)10-15(20)12-5-3-6-13(17)9-12/h3-9,15,20H,10-11H2,1-2H3. The first-order chi connectivity index (χ1) is 9.97. The molecular weight excluding hydrogens is 271 g/mol.